The van der Waals surface area contributed by atoms with Crippen molar-refractivity contribution in [3.8, 4) is 0 Å². The molecular formula is C13H19N3O2. The SMILES string of the molecule is Cc1cc(NCC2CCNCC2)cc([N+](=O)[O-])c1. The van der Waals surface area contributed by atoms with E-state index in [4.69, 9.17) is 0 Å². The summed E-state index contributed by atoms with van der Waals surface area (Å²) in [6.45, 7) is 4.91. The van der Waals surface area contributed by atoms with Crippen LogP contribution in [0.5, 0.6) is 0 Å². The summed E-state index contributed by atoms with van der Waals surface area (Å²) in [6.07, 6.45) is 2.34. The number of hydrogen-bond acceptors (Lipinski definition) is 4. The molecule has 1 heterocycles. The summed E-state index contributed by atoms with van der Waals surface area (Å²) in [5.41, 5.74) is 1.92. The van der Waals surface area contributed by atoms with E-state index >= 15 is 0 Å². The van der Waals surface area contributed by atoms with E-state index in [1.165, 1.54) is 12.8 Å². The van der Waals surface area contributed by atoms with E-state index in [-0.39, 0.29) is 10.6 Å². The van der Waals surface area contributed by atoms with Gasteiger partial charge in [0.15, 0.2) is 0 Å². The van der Waals surface area contributed by atoms with Gasteiger partial charge in [0.05, 0.1) is 4.92 Å². The molecule has 1 saturated heterocycles. The number of aryl methyl sites for hydroxylation is 1. The van der Waals surface area contributed by atoms with Gasteiger partial charge in [0, 0.05) is 24.4 Å². The molecule has 1 aromatic carbocycles. The van der Waals surface area contributed by atoms with Gasteiger partial charge >= 0.3 is 0 Å². The Bertz CT molecular complexity index is 428. The lowest BCUT2D eigenvalue weighted by Gasteiger charge is -2.23. The average molecular weight is 249 g/mol. The van der Waals surface area contributed by atoms with Crippen LogP contribution in [0.1, 0.15) is 18.4 Å². The Morgan fingerprint density at radius 3 is 2.78 bits per heavy atom. The van der Waals surface area contributed by atoms with Crippen LogP contribution in [0.15, 0.2) is 18.2 Å². The summed E-state index contributed by atoms with van der Waals surface area (Å²) in [7, 11) is 0. The van der Waals surface area contributed by atoms with Crippen molar-refractivity contribution in [2.45, 2.75) is 19.8 Å². The summed E-state index contributed by atoms with van der Waals surface area (Å²) in [5.74, 6) is 0.658. The van der Waals surface area contributed by atoms with Gasteiger partial charge in [-0.2, -0.15) is 0 Å². The Balaban J connectivity index is 1.97. The average Bonchev–Trinajstić information content (AvgIpc) is 2.37. The quantitative estimate of drug-likeness (QED) is 0.634. The topological polar surface area (TPSA) is 67.2 Å². The van der Waals surface area contributed by atoms with Crippen LogP contribution in [0.4, 0.5) is 11.4 Å². The van der Waals surface area contributed by atoms with Gasteiger partial charge in [-0.1, -0.05) is 0 Å². The highest BCUT2D eigenvalue weighted by Crippen LogP contribution is 2.21. The minimum Gasteiger partial charge on any atom is -0.385 e. The van der Waals surface area contributed by atoms with Gasteiger partial charge in [-0.25, -0.2) is 0 Å². The predicted molar refractivity (Wildman–Crippen MR) is 71.9 cm³/mol. The third kappa shape index (κ3) is 3.43. The molecule has 0 bridgehead atoms. The zero-order valence-corrected chi connectivity index (χ0v) is 10.6. The summed E-state index contributed by atoms with van der Waals surface area (Å²) in [5, 5.41) is 17.4. The molecule has 0 radical (unpaired) electrons. The summed E-state index contributed by atoms with van der Waals surface area (Å²) < 4.78 is 0. The van der Waals surface area contributed by atoms with Crippen LogP contribution in [0.2, 0.25) is 0 Å². The highest BCUT2D eigenvalue weighted by Gasteiger charge is 2.13. The molecule has 0 saturated carbocycles. The number of hydrogen-bond donors (Lipinski definition) is 2. The number of anilines is 1. The first-order valence-electron chi connectivity index (χ1n) is 6.36. The molecule has 0 aromatic heterocycles. The standard InChI is InChI=1S/C13H19N3O2/c1-10-6-12(8-13(7-10)16(17)18)15-9-11-2-4-14-5-3-11/h6-8,11,14-15H,2-5,9H2,1H3. The number of benzene rings is 1. The third-order valence-corrected chi connectivity index (χ3v) is 3.33. The second kappa shape index (κ2) is 5.82. The maximum atomic E-state index is 10.8. The highest BCUT2D eigenvalue weighted by molar-refractivity contribution is 5.53. The van der Waals surface area contributed by atoms with Gasteiger partial charge in [0.2, 0.25) is 0 Å². The fourth-order valence-electron chi connectivity index (χ4n) is 2.32. The van der Waals surface area contributed by atoms with Crippen LogP contribution < -0.4 is 10.6 Å². The number of nitro benzene ring substituents is 1. The Labute approximate surface area is 107 Å². The number of non-ortho nitro benzene ring substituents is 1. The molecule has 1 fully saturated rings. The number of nitro groups is 1. The van der Waals surface area contributed by atoms with E-state index in [0.717, 1.165) is 30.9 Å². The maximum absolute atomic E-state index is 10.8. The molecule has 0 spiro atoms. The van der Waals surface area contributed by atoms with E-state index in [9.17, 15) is 10.1 Å². The Morgan fingerprint density at radius 2 is 2.11 bits per heavy atom. The Morgan fingerprint density at radius 1 is 1.39 bits per heavy atom. The number of piperidine rings is 1. The van der Waals surface area contributed by atoms with Crippen LogP contribution >= 0.6 is 0 Å². The van der Waals surface area contributed by atoms with Crippen molar-refractivity contribution in [3.63, 3.8) is 0 Å². The summed E-state index contributed by atoms with van der Waals surface area (Å²) in [6, 6.07) is 5.15. The lowest BCUT2D eigenvalue weighted by molar-refractivity contribution is -0.384. The van der Waals surface area contributed by atoms with Crippen molar-refractivity contribution >= 4 is 11.4 Å². The third-order valence-electron chi connectivity index (χ3n) is 3.33. The number of nitrogens with one attached hydrogen (secondary N) is 2. The minimum atomic E-state index is -0.345. The van der Waals surface area contributed by atoms with Gasteiger partial charge < -0.3 is 10.6 Å². The molecular weight excluding hydrogens is 230 g/mol. The molecule has 0 aliphatic carbocycles. The Kier molecular flexibility index (Phi) is 4.15. The smallest absolute Gasteiger partial charge is 0.271 e. The first kappa shape index (κ1) is 12.8. The van der Waals surface area contributed by atoms with Crippen LogP contribution in [0.3, 0.4) is 0 Å². The maximum Gasteiger partial charge on any atom is 0.271 e. The van der Waals surface area contributed by atoms with Crippen molar-refractivity contribution < 1.29 is 4.92 Å². The summed E-state index contributed by atoms with van der Waals surface area (Å²) >= 11 is 0. The van der Waals surface area contributed by atoms with Crippen LogP contribution in [-0.2, 0) is 0 Å². The zero-order valence-electron chi connectivity index (χ0n) is 10.6. The van der Waals surface area contributed by atoms with Gasteiger partial charge in [-0.05, 0) is 50.4 Å². The molecule has 2 N–H and O–H groups in total. The van der Waals surface area contributed by atoms with E-state index < -0.39 is 0 Å². The lowest BCUT2D eigenvalue weighted by Crippen LogP contribution is -2.31. The molecule has 98 valence electrons. The lowest BCUT2D eigenvalue weighted by atomic mass is 9.98. The molecule has 0 amide bonds. The first-order chi connectivity index (χ1) is 8.65. The molecule has 1 aliphatic rings. The van der Waals surface area contributed by atoms with Crippen LogP contribution in [0.25, 0.3) is 0 Å². The fourth-order valence-corrected chi connectivity index (χ4v) is 2.32. The molecule has 1 aliphatic heterocycles. The van der Waals surface area contributed by atoms with Crippen molar-refractivity contribution in [1.29, 1.82) is 0 Å². The van der Waals surface area contributed by atoms with Crippen molar-refractivity contribution in [2.24, 2.45) is 5.92 Å². The monoisotopic (exact) mass is 249 g/mol. The largest absolute Gasteiger partial charge is 0.385 e. The summed E-state index contributed by atoms with van der Waals surface area (Å²) in [4.78, 5) is 10.4. The van der Waals surface area contributed by atoms with Gasteiger partial charge in [0.1, 0.15) is 0 Å². The second-order valence-corrected chi connectivity index (χ2v) is 4.89. The minimum absolute atomic E-state index is 0.155. The highest BCUT2D eigenvalue weighted by atomic mass is 16.6. The normalized spacial score (nSPS) is 16.5. The van der Waals surface area contributed by atoms with Crippen molar-refractivity contribution in [3.05, 3.63) is 33.9 Å². The van der Waals surface area contributed by atoms with E-state index in [1.54, 1.807) is 12.1 Å². The van der Waals surface area contributed by atoms with Crippen LogP contribution in [-0.4, -0.2) is 24.6 Å². The van der Waals surface area contributed by atoms with E-state index in [1.807, 2.05) is 13.0 Å². The molecule has 0 unspecified atom stereocenters. The molecule has 5 nitrogen and oxygen atoms in total. The molecule has 18 heavy (non-hydrogen) atoms. The van der Waals surface area contributed by atoms with Crippen molar-refractivity contribution in [2.75, 3.05) is 25.0 Å². The first-order valence-corrected chi connectivity index (χ1v) is 6.36. The van der Waals surface area contributed by atoms with Crippen LogP contribution in [0, 0.1) is 23.0 Å². The van der Waals surface area contributed by atoms with E-state index in [2.05, 4.69) is 10.6 Å². The van der Waals surface area contributed by atoms with Gasteiger partial charge in [-0.15, -0.1) is 0 Å². The predicted octanol–water partition coefficient (Wildman–Crippen LogP) is 2.31. The van der Waals surface area contributed by atoms with E-state index in [0.29, 0.717) is 5.92 Å². The number of nitrogens with zero attached hydrogens (tertiary/aromatic N) is 1. The van der Waals surface area contributed by atoms with Gasteiger partial charge in [0.25, 0.3) is 5.69 Å². The molecule has 0 atom stereocenters. The fraction of sp³-hybridized carbons (Fsp3) is 0.538. The van der Waals surface area contributed by atoms with Crippen molar-refractivity contribution in [1.82, 2.24) is 5.32 Å². The zero-order chi connectivity index (χ0) is 13.0. The Hall–Kier alpha value is -1.62. The molecule has 2 rings (SSSR count). The molecule has 1 aromatic rings. The molecule has 5 heteroatoms. The number of rotatable bonds is 4. The van der Waals surface area contributed by atoms with Gasteiger partial charge in [-0.3, -0.25) is 10.1 Å². The second-order valence-electron chi connectivity index (χ2n) is 4.89.